The summed E-state index contributed by atoms with van der Waals surface area (Å²) in [7, 11) is 1.65. The molecule has 0 saturated carbocycles. The highest BCUT2D eigenvalue weighted by molar-refractivity contribution is 6.03. The standard InChI is InChI=1S/C9H11N3O/c1-10-8-4-2-3-6-11-7-5-9(13)12-8/h5,7,11H,2,4H2,1H3,(H,10,12,13). The molecule has 1 heterocycles. The number of amidine groups is 1. The van der Waals surface area contributed by atoms with Gasteiger partial charge in [-0.3, -0.25) is 9.79 Å². The first-order valence-electron chi connectivity index (χ1n) is 3.99. The highest BCUT2D eigenvalue weighted by atomic mass is 16.1. The predicted molar refractivity (Wildman–Crippen MR) is 50.8 cm³/mol. The summed E-state index contributed by atoms with van der Waals surface area (Å²) in [6, 6.07) is 2.70. The van der Waals surface area contributed by atoms with E-state index in [2.05, 4.69) is 27.6 Å². The molecule has 4 heteroatoms. The van der Waals surface area contributed by atoms with E-state index in [0.29, 0.717) is 18.7 Å². The van der Waals surface area contributed by atoms with Crippen LogP contribution in [0.2, 0.25) is 0 Å². The SMILES string of the molecule is CN=C1CCC#CNC=CC(=O)N1. The Morgan fingerprint density at radius 1 is 1.62 bits per heavy atom. The normalized spacial score (nSPS) is 19.8. The van der Waals surface area contributed by atoms with Crippen molar-refractivity contribution < 1.29 is 4.79 Å². The molecule has 68 valence electrons. The lowest BCUT2D eigenvalue weighted by molar-refractivity contribution is -0.115. The summed E-state index contributed by atoms with van der Waals surface area (Å²) in [5.41, 5.74) is 0. The van der Waals surface area contributed by atoms with Crippen LogP contribution in [-0.4, -0.2) is 18.8 Å². The van der Waals surface area contributed by atoms with Crippen LogP contribution in [0.3, 0.4) is 0 Å². The lowest BCUT2D eigenvalue weighted by atomic mass is 10.3. The highest BCUT2D eigenvalue weighted by Crippen LogP contribution is 1.90. The molecule has 1 rings (SSSR count). The van der Waals surface area contributed by atoms with Gasteiger partial charge in [-0.2, -0.15) is 0 Å². The molecular formula is C9H11N3O. The first kappa shape index (κ1) is 9.33. The fraction of sp³-hybridized carbons (Fsp3) is 0.333. The van der Waals surface area contributed by atoms with Crippen molar-refractivity contribution in [3.8, 4) is 12.0 Å². The summed E-state index contributed by atoms with van der Waals surface area (Å²) in [6.07, 6.45) is 4.24. The molecule has 2 N–H and O–H groups in total. The number of carbonyl (C=O) groups is 1. The lowest BCUT2D eigenvalue weighted by Gasteiger charge is -2.04. The van der Waals surface area contributed by atoms with E-state index in [1.54, 1.807) is 7.05 Å². The van der Waals surface area contributed by atoms with Crippen LogP contribution in [0, 0.1) is 12.0 Å². The van der Waals surface area contributed by atoms with Crippen molar-refractivity contribution in [3.63, 3.8) is 0 Å². The molecule has 0 bridgehead atoms. The summed E-state index contributed by atoms with van der Waals surface area (Å²) in [4.78, 5) is 15.0. The van der Waals surface area contributed by atoms with Gasteiger partial charge in [0, 0.05) is 38.2 Å². The van der Waals surface area contributed by atoms with E-state index in [9.17, 15) is 4.79 Å². The molecule has 13 heavy (non-hydrogen) atoms. The first-order valence-corrected chi connectivity index (χ1v) is 3.99. The third-order valence-corrected chi connectivity index (χ3v) is 1.50. The Balaban J connectivity index is 2.69. The molecule has 1 amide bonds. The molecule has 0 aromatic heterocycles. The summed E-state index contributed by atoms with van der Waals surface area (Å²) in [5, 5.41) is 5.33. The smallest absolute Gasteiger partial charge is 0.250 e. The Morgan fingerprint density at radius 2 is 2.46 bits per heavy atom. The summed E-state index contributed by atoms with van der Waals surface area (Å²) >= 11 is 0. The number of hydrogen-bond donors (Lipinski definition) is 2. The van der Waals surface area contributed by atoms with Gasteiger partial charge in [0.15, 0.2) is 0 Å². The minimum Gasteiger partial charge on any atom is -0.322 e. The van der Waals surface area contributed by atoms with Crippen molar-refractivity contribution in [2.24, 2.45) is 4.99 Å². The molecule has 0 fully saturated rings. The summed E-state index contributed by atoms with van der Waals surface area (Å²) in [6.45, 7) is 0. The van der Waals surface area contributed by atoms with Crippen LogP contribution in [0.25, 0.3) is 0 Å². The number of carbonyl (C=O) groups excluding carboxylic acids is 1. The van der Waals surface area contributed by atoms with E-state index in [1.165, 1.54) is 12.3 Å². The Morgan fingerprint density at radius 3 is 3.23 bits per heavy atom. The Bertz CT molecular complexity index is 307. The van der Waals surface area contributed by atoms with E-state index < -0.39 is 0 Å². The average Bonchev–Trinajstić information content (AvgIpc) is 2.15. The van der Waals surface area contributed by atoms with Crippen LogP contribution in [0.1, 0.15) is 12.8 Å². The van der Waals surface area contributed by atoms with Gasteiger partial charge in [0.25, 0.3) is 5.91 Å². The molecule has 0 radical (unpaired) electrons. The van der Waals surface area contributed by atoms with E-state index in [1.807, 2.05) is 0 Å². The fourth-order valence-electron chi connectivity index (χ4n) is 0.868. The van der Waals surface area contributed by atoms with E-state index in [0.717, 1.165) is 0 Å². The van der Waals surface area contributed by atoms with E-state index in [-0.39, 0.29) is 5.91 Å². The molecule has 0 aromatic carbocycles. The van der Waals surface area contributed by atoms with Gasteiger partial charge in [0.1, 0.15) is 5.84 Å². The van der Waals surface area contributed by atoms with Crippen LogP contribution >= 0.6 is 0 Å². The largest absolute Gasteiger partial charge is 0.322 e. The van der Waals surface area contributed by atoms with Gasteiger partial charge in [-0.1, -0.05) is 5.92 Å². The maximum atomic E-state index is 11.1. The Hall–Kier alpha value is -1.76. The van der Waals surface area contributed by atoms with Gasteiger partial charge >= 0.3 is 0 Å². The number of aliphatic imine (C=N–C) groups is 1. The minimum atomic E-state index is -0.184. The van der Waals surface area contributed by atoms with Crippen molar-refractivity contribution in [3.05, 3.63) is 12.3 Å². The molecule has 4 nitrogen and oxygen atoms in total. The second-order valence-electron chi connectivity index (χ2n) is 2.44. The van der Waals surface area contributed by atoms with E-state index >= 15 is 0 Å². The molecule has 0 aromatic rings. The quantitative estimate of drug-likeness (QED) is 0.511. The second kappa shape index (κ2) is 4.99. The molecule has 0 atom stereocenters. The molecule has 1 aliphatic heterocycles. The molecule has 0 unspecified atom stereocenters. The third kappa shape index (κ3) is 3.43. The van der Waals surface area contributed by atoms with Crippen LogP contribution in [0.4, 0.5) is 0 Å². The fourth-order valence-corrected chi connectivity index (χ4v) is 0.868. The minimum absolute atomic E-state index is 0.184. The monoisotopic (exact) mass is 177 g/mol. The Kier molecular flexibility index (Phi) is 3.58. The highest BCUT2D eigenvalue weighted by Gasteiger charge is 2.01. The van der Waals surface area contributed by atoms with Crippen molar-refractivity contribution in [2.45, 2.75) is 12.8 Å². The number of nitrogens with one attached hydrogen (secondary N) is 2. The molecule has 0 aliphatic carbocycles. The zero-order valence-electron chi connectivity index (χ0n) is 7.42. The second-order valence-corrected chi connectivity index (χ2v) is 2.44. The van der Waals surface area contributed by atoms with E-state index in [4.69, 9.17) is 0 Å². The first-order chi connectivity index (χ1) is 6.33. The third-order valence-electron chi connectivity index (χ3n) is 1.50. The van der Waals surface area contributed by atoms with Gasteiger partial charge < -0.3 is 10.6 Å². The topological polar surface area (TPSA) is 53.5 Å². The molecule has 0 spiro atoms. The maximum absolute atomic E-state index is 11.1. The number of rotatable bonds is 0. The van der Waals surface area contributed by atoms with Crippen LogP contribution in [0.5, 0.6) is 0 Å². The zero-order chi connectivity index (χ0) is 9.52. The molecule has 1 aliphatic rings. The summed E-state index contributed by atoms with van der Waals surface area (Å²) in [5.74, 6) is 3.38. The van der Waals surface area contributed by atoms with Crippen molar-refractivity contribution in [1.82, 2.24) is 10.6 Å². The number of hydrogen-bond acceptors (Lipinski definition) is 3. The van der Waals surface area contributed by atoms with Crippen molar-refractivity contribution in [2.75, 3.05) is 7.05 Å². The molecule has 0 saturated heterocycles. The van der Waals surface area contributed by atoms with Gasteiger partial charge in [-0.15, -0.1) is 0 Å². The van der Waals surface area contributed by atoms with Gasteiger partial charge in [0.2, 0.25) is 0 Å². The van der Waals surface area contributed by atoms with Gasteiger partial charge in [0.05, 0.1) is 0 Å². The van der Waals surface area contributed by atoms with Crippen LogP contribution in [0.15, 0.2) is 17.3 Å². The average molecular weight is 177 g/mol. The summed E-state index contributed by atoms with van der Waals surface area (Å²) < 4.78 is 0. The van der Waals surface area contributed by atoms with Crippen molar-refractivity contribution >= 4 is 11.7 Å². The maximum Gasteiger partial charge on any atom is 0.250 e. The molecular weight excluding hydrogens is 166 g/mol. The Labute approximate surface area is 77.1 Å². The zero-order valence-corrected chi connectivity index (χ0v) is 7.42. The number of nitrogens with zero attached hydrogens (tertiary/aromatic N) is 1. The lowest BCUT2D eigenvalue weighted by Crippen LogP contribution is -2.29. The van der Waals surface area contributed by atoms with Gasteiger partial charge in [-0.25, -0.2) is 0 Å². The predicted octanol–water partition coefficient (Wildman–Crippen LogP) is -0.0111. The van der Waals surface area contributed by atoms with Crippen molar-refractivity contribution in [1.29, 1.82) is 0 Å². The van der Waals surface area contributed by atoms with Crippen LogP contribution in [-0.2, 0) is 4.79 Å². The van der Waals surface area contributed by atoms with Gasteiger partial charge in [-0.05, 0) is 0 Å². The number of amides is 1. The van der Waals surface area contributed by atoms with Crippen LogP contribution < -0.4 is 10.6 Å².